The number of halogens is 1. The van der Waals surface area contributed by atoms with Crippen LogP contribution < -0.4 is 5.32 Å². The summed E-state index contributed by atoms with van der Waals surface area (Å²) in [6.45, 7) is 2.12. The summed E-state index contributed by atoms with van der Waals surface area (Å²) >= 11 is 7.49. The molecule has 0 spiro atoms. The molecular formula is C22H23ClN2O2S. The number of hydrogen-bond acceptors (Lipinski definition) is 4. The molecule has 0 fully saturated rings. The normalized spacial score (nSPS) is 12.0. The summed E-state index contributed by atoms with van der Waals surface area (Å²) in [7, 11) is 0. The summed E-state index contributed by atoms with van der Waals surface area (Å²) in [5.41, 5.74) is 2.70. The average molecular weight is 415 g/mol. The summed E-state index contributed by atoms with van der Waals surface area (Å²) < 4.78 is 0. The van der Waals surface area contributed by atoms with Crippen molar-refractivity contribution in [1.82, 2.24) is 4.98 Å². The maximum atomic E-state index is 12.3. The van der Waals surface area contributed by atoms with Gasteiger partial charge in [0, 0.05) is 21.9 Å². The first kappa shape index (κ1) is 20.5. The van der Waals surface area contributed by atoms with E-state index in [4.69, 9.17) is 11.6 Å². The highest BCUT2D eigenvalue weighted by Gasteiger charge is 2.16. The lowest BCUT2D eigenvalue weighted by Crippen LogP contribution is -2.12. The number of nitrogens with zero attached hydrogens (tertiary/aromatic N) is 1. The minimum atomic E-state index is -0.650. The Labute approximate surface area is 174 Å². The number of aromatic nitrogens is 1. The summed E-state index contributed by atoms with van der Waals surface area (Å²) in [4.78, 5) is 18.1. The van der Waals surface area contributed by atoms with Gasteiger partial charge in [0.25, 0.3) is 0 Å². The van der Waals surface area contributed by atoms with E-state index in [1.165, 1.54) is 11.3 Å². The van der Waals surface area contributed by atoms with Crippen molar-refractivity contribution in [2.75, 3.05) is 5.32 Å². The van der Waals surface area contributed by atoms with Crippen LogP contribution >= 0.6 is 22.9 Å². The molecule has 1 atom stereocenters. The second-order valence-electron chi connectivity index (χ2n) is 6.56. The SMILES string of the molecule is CCCc1sc(NC(=O)CC[C@H](O)c2ccccc2)nc1-c1ccc(Cl)cc1. The minimum absolute atomic E-state index is 0.144. The van der Waals surface area contributed by atoms with Crippen LogP contribution in [0.1, 0.15) is 42.7 Å². The third-order valence-corrected chi connectivity index (χ3v) is 5.65. The number of thiazole rings is 1. The Hall–Kier alpha value is -2.21. The number of benzene rings is 2. The zero-order chi connectivity index (χ0) is 19.9. The van der Waals surface area contributed by atoms with Crippen LogP contribution in [-0.2, 0) is 11.2 Å². The molecule has 3 aromatic rings. The second kappa shape index (κ2) is 9.82. The van der Waals surface area contributed by atoms with E-state index in [2.05, 4.69) is 17.2 Å². The number of anilines is 1. The molecule has 2 aromatic carbocycles. The summed E-state index contributed by atoms with van der Waals surface area (Å²) in [6.07, 6.45) is 1.85. The second-order valence-corrected chi connectivity index (χ2v) is 8.08. The van der Waals surface area contributed by atoms with Crippen LogP contribution in [0.4, 0.5) is 5.13 Å². The zero-order valence-corrected chi connectivity index (χ0v) is 17.3. The Balaban J connectivity index is 1.65. The van der Waals surface area contributed by atoms with Crippen LogP contribution in [-0.4, -0.2) is 16.0 Å². The van der Waals surface area contributed by atoms with Gasteiger partial charge in [0.15, 0.2) is 5.13 Å². The van der Waals surface area contributed by atoms with Gasteiger partial charge in [-0.05, 0) is 30.5 Å². The highest BCUT2D eigenvalue weighted by Crippen LogP contribution is 2.33. The van der Waals surface area contributed by atoms with E-state index in [1.807, 2.05) is 54.6 Å². The first-order valence-electron chi connectivity index (χ1n) is 9.35. The number of nitrogens with one attached hydrogen (secondary N) is 1. The van der Waals surface area contributed by atoms with E-state index >= 15 is 0 Å². The highest BCUT2D eigenvalue weighted by molar-refractivity contribution is 7.16. The van der Waals surface area contributed by atoms with Crippen LogP contribution in [0.3, 0.4) is 0 Å². The molecular weight excluding hydrogens is 392 g/mol. The van der Waals surface area contributed by atoms with Gasteiger partial charge in [0.05, 0.1) is 11.8 Å². The molecule has 0 aliphatic carbocycles. The summed E-state index contributed by atoms with van der Waals surface area (Å²) in [5, 5.41) is 14.4. The smallest absolute Gasteiger partial charge is 0.226 e. The molecule has 146 valence electrons. The predicted molar refractivity (Wildman–Crippen MR) is 116 cm³/mol. The molecule has 6 heteroatoms. The number of aryl methyl sites for hydroxylation is 1. The van der Waals surface area contributed by atoms with Crippen molar-refractivity contribution in [3.63, 3.8) is 0 Å². The van der Waals surface area contributed by atoms with E-state index in [0.717, 1.165) is 34.5 Å². The Bertz CT molecular complexity index is 910. The van der Waals surface area contributed by atoms with Crippen molar-refractivity contribution in [2.24, 2.45) is 0 Å². The molecule has 0 aliphatic heterocycles. The lowest BCUT2D eigenvalue weighted by atomic mass is 10.1. The monoisotopic (exact) mass is 414 g/mol. The first-order chi connectivity index (χ1) is 13.6. The quantitative estimate of drug-likeness (QED) is 0.484. The average Bonchev–Trinajstić information content (AvgIpc) is 3.10. The van der Waals surface area contributed by atoms with Gasteiger partial charge >= 0.3 is 0 Å². The van der Waals surface area contributed by atoms with Crippen molar-refractivity contribution in [1.29, 1.82) is 0 Å². The van der Waals surface area contributed by atoms with Crippen LogP contribution in [0.2, 0.25) is 5.02 Å². The van der Waals surface area contributed by atoms with Crippen molar-refractivity contribution in [3.05, 3.63) is 70.1 Å². The number of carbonyl (C=O) groups excluding carboxylic acids is 1. The number of hydrogen-bond donors (Lipinski definition) is 2. The maximum Gasteiger partial charge on any atom is 0.226 e. The number of amides is 1. The van der Waals surface area contributed by atoms with Gasteiger partial charge in [-0.3, -0.25) is 4.79 Å². The van der Waals surface area contributed by atoms with E-state index in [0.29, 0.717) is 16.6 Å². The van der Waals surface area contributed by atoms with Crippen molar-refractivity contribution in [3.8, 4) is 11.3 Å². The Kier molecular flexibility index (Phi) is 7.20. The first-order valence-corrected chi connectivity index (χ1v) is 10.5. The van der Waals surface area contributed by atoms with Crippen molar-refractivity contribution < 1.29 is 9.90 Å². The van der Waals surface area contributed by atoms with Gasteiger partial charge < -0.3 is 10.4 Å². The number of aliphatic hydroxyl groups is 1. The van der Waals surface area contributed by atoms with Gasteiger partial charge in [-0.15, -0.1) is 11.3 Å². The number of carbonyl (C=O) groups is 1. The minimum Gasteiger partial charge on any atom is -0.388 e. The van der Waals surface area contributed by atoms with E-state index < -0.39 is 6.10 Å². The molecule has 0 saturated carbocycles. The molecule has 1 amide bonds. The summed E-state index contributed by atoms with van der Waals surface area (Å²) in [6, 6.07) is 16.9. The largest absolute Gasteiger partial charge is 0.388 e. The van der Waals surface area contributed by atoms with E-state index in [1.54, 1.807) is 0 Å². The fraction of sp³-hybridized carbons (Fsp3) is 0.273. The Morgan fingerprint density at radius 3 is 2.57 bits per heavy atom. The van der Waals surface area contributed by atoms with Crippen molar-refractivity contribution >= 4 is 34.0 Å². The van der Waals surface area contributed by atoms with Gasteiger partial charge in [0.1, 0.15) is 0 Å². The number of aliphatic hydroxyl groups excluding tert-OH is 1. The van der Waals surface area contributed by atoms with Crippen LogP contribution in [0.25, 0.3) is 11.3 Å². The standard InChI is InChI=1S/C22H23ClN2O2S/c1-2-6-19-21(16-9-11-17(23)12-10-16)25-22(28-19)24-20(27)14-13-18(26)15-7-4-3-5-8-15/h3-5,7-12,18,26H,2,6,13-14H2,1H3,(H,24,25,27)/t18-/m0/s1. The number of rotatable bonds is 8. The maximum absolute atomic E-state index is 12.3. The third-order valence-electron chi connectivity index (χ3n) is 4.37. The molecule has 4 nitrogen and oxygen atoms in total. The molecule has 2 N–H and O–H groups in total. The Morgan fingerprint density at radius 2 is 1.89 bits per heavy atom. The van der Waals surface area contributed by atoms with Crippen LogP contribution in [0.5, 0.6) is 0 Å². The van der Waals surface area contributed by atoms with E-state index in [-0.39, 0.29) is 12.3 Å². The molecule has 0 radical (unpaired) electrons. The highest BCUT2D eigenvalue weighted by atomic mass is 35.5. The van der Waals surface area contributed by atoms with Crippen LogP contribution in [0, 0.1) is 0 Å². The molecule has 0 aliphatic rings. The van der Waals surface area contributed by atoms with Crippen molar-refractivity contribution in [2.45, 2.75) is 38.7 Å². The molecule has 3 rings (SSSR count). The molecule has 0 saturated heterocycles. The zero-order valence-electron chi connectivity index (χ0n) is 15.7. The Morgan fingerprint density at radius 1 is 1.18 bits per heavy atom. The fourth-order valence-electron chi connectivity index (χ4n) is 2.93. The molecule has 28 heavy (non-hydrogen) atoms. The molecule has 1 heterocycles. The van der Waals surface area contributed by atoms with Gasteiger partial charge in [-0.1, -0.05) is 67.4 Å². The van der Waals surface area contributed by atoms with E-state index in [9.17, 15) is 9.90 Å². The lowest BCUT2D eigenvalue weighted by Gasteiger charge is -2.10. The molecule has 0 bridgehead atoms. The molecule has 0 unspecified atom stereocenters. The molecule has 1 aromatic heterocycles. The topological polar surface area (TPSA) is 62.2 Å². The van der Waals surface area contributed by atoms with Gasteiger partial charge in [0.2, 0.25) is 5.91 Å². The summed E-state index contributed by atoms with van der Waals surface area (Å²) in [5.74, 6) is -0.144. The lowest BCUT2D eigenvalue weighted by molar-refractivity contribution is -0.116. The fourth-order valence-corrected chi connectivity index (χ4v) is 4.15. The van der Waals surface area contributed by atoms with Gasteiger partial charge in [-0.2, -0.15) is 0 Å². The third kappa shape index (κ3) is 5.41. The van der Waals surface area contributed by atoms with Gasteiger partial charge in [-0.25, -0.2) is 4.98 Å². The van der Waals surface area contributed by atoms with Crippen LogP contribution in [0.15, 0.2) is 54.6 Å². The predicted octanol–water partition coefficient (Wildman–Crippen LogP) is 5.87.